The molecule has 0 unspecified atom stereocenters. The van der Waals surface area contributed by atoms with Gasteiger partial charge in [0.05, 0.1) is 0 Å². The second-order valence-electron chi connectivity index (χ2n) is 4.68. The van der Waals surface area contributed by atoms with Gasteiger partial charge in [-0.05, 0) is 36.6 Å². The summed E-state index contributed by atoms with van der Waals surface area (Å²) in [5.74, 6) is 0.594. The van der Waals surface area contributed by atoms with Crippen molar-refractivity contribution in [3.63, 3.8) is 0 Å². The summed E-state index contributed by atoms with van der Waals surface area (Å²) in [5.41, 5.74) is 2.38. The molecule has 0 atom stereocenters. The lowest BCUT2D eigenvalue weighted by Gasteiger charge is -2.10. The van der Waals surface area contributed by atoms with Crippen molar-refractivity contribution in [3.05, 3.63) is 53.0 Å². The molecule has 4 heteroatoms. The molecule has 0 amide bonds. The van der Waals surface area contributed by atoms with Crippen LogP contribution < -0.4 is 4.74 Å². The van der Waals surface area contributed by atoms with Crippen LogP contribution in [-0.4, -0.2) is 4.98 Å². The molecule has 0 radical (unpaired) electrons. The summed E-state index contributed by atoms with van der Waals surface area (Å²) in [6.45, 7) is 3.78. The molecular weight excluding hydrogens is 277 g/mol. The number of hydrogen-bond acceptors (Lipinski definition) is 2. The standard InChI is InChI=1S/C16H17ClFNO/c1-3-5-13-8-12(10-17)9-15(19-13)20-14-7-4-6-11(2)16(14)18/h4,6-9H,3,5,10H2,1-2H3. The molecule has 1 heterocycles. The molecule has 0 spiro atoms. The minimum Gasteiger partial charge on any atom is -0.436 e. The lowest BCUT2D eigenvalue weighted by Crippen LogP contribution is -1.97. The van der Waals surface area contributed by atoms with Gasteiger partial charge in [0.1, 0.15) is 0 Å². The number of ether oxygens (including phenoxy) is 1. The maximum atomic E-state index is 13.9. The van der Waals surface area contributed by atoms with Crippen LogP contribution in [0.25, 0.3) is 0 Å². The van der Waals surface area contributed by atoms with Crippen LogP contribution in [0.3, 0.4) is 0 Å². The van der Waals surface area contributed by atoms with Gasteiger partial charge in [-0.2, -0.15) is 0 Å². The van der Waals surface area contributed by atoms with E-state index < -0.39 is 0 Å². The van der Waals surface area contributed by atoms with E-state index in [4.69, 9.17) is 16.3 Å². The van der Waals surface area contributed by atoms with Gasteiger partial charge in [0, 0.05) is 17.6 Å². The van der Waals surface area contributed by atoms with Crippen LogP contribution in [0.1, 0.15) is 30.2 Å². The molecule has 0 bridgehead atoms. The zero-order chi connectivity index (χ0) is 14.5. The number of aromatic nitrogens is 1. The van der Waals surface area contributed by atoms with Crippen LogP contribution in [-0.2, 0) is 12.3 Å². The Balaban J connectivity index is 2.32. The SMILES string of the molecule is CCCc1cc(CCl)cc(Oc2cccc(C)c2F)n1. The molecule has 0 saturated carbocycles. The third-order valence-corrected chi connectivity index (χ3v) is 3.25. The van der Waals surface area contributed by atoms with Crippen LogP contribution >= 0.6 is 11.6 Å². The summed E-state index contributed by atoms with van der Waals surface area (Å²) in [5, 5.41) is 0. The summed E-state index contributed by atoms with van der Waals surface area (Å²) >= 11 is 5.87. The van der Waals surface area contributed by atoms with E-state index in [-0.39, 0.29) is 11.6 Å². The molecule has 106 valence electrons. The van der Waals surface area contributed by atoms with Gasteiger partial charge < -0.3 is 4.74 Å². The van der Waals surface area contributed by atoms with Gasteiger partial charge in [0.25, 0.3) is 0 Å². The van der Waals surface area contributed by atoms with Crippen LogP contribution in [0.15, 0.2) is 30.3 Å². The fourth-order valence-corrected chi connectivity index (χ4v) is 2.10. The molecule has 1 aromatic heterocycles. The average molecular weight is 294 g/mol. The van der Waals surface area contributed by atoms with Crippen molar-refractivity contribution >= 4 is 11.6 Å². The third kappa shape index (κ3) is 3.48. The summed E-state index contributed by atoms with van der Waals surface area (Å²) in [4.78, 5) is 4.39. The van der Waals surface area contributed by atoms with Gasteiger partial charge in [-0.25, -0.2) is 9.37 Å². The quantitative estimate of drug-likeness (QED) is 0.723. The number of halogens is 2. The number of alkyl halides is 1. The second kappa shape index (κ2) is 6.71. The first-order valence-electron chi connectivity index (χ1n) is 6.62. The zero-order valence-corrected chi connectivity index (χ0v) is 12.4. The molecular formula is C16H17ClFNO. The predicted molar refractivity (Wildman–Crippen MR) is 79.0 cm³/mol. The smallest absolute Gasteiger partial charge is 0.219 e. The molecule has 2 nitrogen and oxygen atoms in total. The van der Waals surface area contributed by atoms with E-state index in [0.29, 0.717) is 17.3 Å². The Hall–Kier alpha value is -1.61. The monoisotopic (exact) mass is 293 g/mol. The predicted octanol–water partition coefficient (Wildman–Crippen LogP) is 5.01. The van der Waals surface area contributed by atoms with Crippen molar-refractivity contribution in [3.8, 4) is 11.6 Å². The topological polar surface area (TPSA) is 22.1 Å². The van der Waals surface area contributed by atoms with E-state index in [1.54, 1.807) is 31.2 Å². The Morgan fingerprint density at radius 3 is 2.80 bits per heavy atom. The molecule has 20 heavy (non-hydrogen) atoms. The summed E-state index contributed by atoms with van der Waals surface area (Å²) in [6.07, 6.45) is 1.83. The fourth-order valence-electron chi connectivity index (χ4n) is 1.95. The van der Waals surface area contributed by atoms with Crippen molar-refractivity contribution in [2.24, 2.45) is 0 Å². The molecule has 0 aliphatic carbocycles. The minimum atomic E-state index is -0.359. The number of hydrogen-bond donors (Lipinski definition) is 0. The van der Waals surface area contributed by atoms with Gasteiger partial charge in [0.2, 0.25) is 5.88 Å². The Morgan fingerprint density at radius 2 is 2.10 bits per heavy atom. The molecule has 2 aromatic rings. The van der Waals surface area contributed by atoms with Gasteiger partial charge in [0.15, 0.2) is 11.6 Å². The van der Waals surface area contributed by atoms with E-state index in [0.717, 1.165) is 24.1 Å². The molecule has 2 rings (SSSR count). The lowest BCUT2D eigenvalue weighted by molar-refractivity contribution is 0.423. The summed E-state index contributed by atoms with van der Waals surface area (Å²) < 4.78 is 19.5. The van der Waals surface area contributed by atoms with Gasteiger partial charge >= 0.3 is 0 Å². The molecule has 0 N–H and O–H groups in total. The summed E-state index contributed by atoms with van der Waals surface area (Å²) in [7, 11) is 0. The Bertz CT molecular complexity index is 601. The first-order chi connectivity index (χ1) is 9.63. The van der Waals surface area contributed by atoms with Crippen LogP contribution in [0.2, 0.25) is 0 Å². The van der Waals surface area contributed by atoms with Crippen molar-refractivity contribution in [1.82, 2.24) is 4.98 Å². The first-order valence-corrected chi connectivity index (χ1v) is 7.16. The highest BCUT2D eigenvalue weighted by Crippen LogP contribution is 2.26. The number of rotatable bonds is 5. The molecule has 0 aliphatic rings. The van der Waals surface area contributed by atoms with Crippen molar-refractivity contribution in [2.75, 3.05) is 0 Å². The van der Waals surface area contributed by atoms with E-state index in [1.807, 2.05) is 6.07 Å². The fraction of sp³-hybridized carbons (Fsp3) is 0.312. The van der Waals surface area contributed by atoms with Gasteiger partial charge in [-0.15, -0.1) is 11.6 Å². The second-order valence-corrected chi connectivity index (χ2v) is 4.94. The first kappa shape index (κ1) is 14.8. The van der Waals surface area contributed by atoms with E-state index in [2.05, 4.69) is 11.9 Å². The molecule has 0 aliphatic heterocycles. The zero-order valence-electron chi connectivity index (χ0n) is 11.6. The lowest BCUT2D eigenvalue weighted by atomic mass is 10.2. The maximum Gasteiger partial charge on any atom is 0.219 e. The third-order valence-electron chi connectivity index (χ3n) is 2.95. The minimum absolute atomic E-state index is 0.187. The van der Waals surface area contributed by atoms with Crippen molar-refractivity contribution < 1.29 is 9.13 Å². The largest absolute Gasteiger partial charge is 0.436 e. The highest BCUT2D eigenvalue weighted by atomic mass is 35.5. The Kier molecular flexibility index (Phi) is 4.96. The highest BCUT2D eigenvalue weighted by Gasteiger charge is 2.09. The van der Waals surface area contributed by atoms with Crippen LogP contribution in [0.4, 0.5) is 4.39 Å². The molecule has 1 aromatic carbocycles. The summed E-state index contributed by atoms with van der Waals surface area (Å²) in [6, 6.07) is 8.75. The number of aryl methyl sites for hydroxylation is 2. The highest BCUT2D eigenvalue weighted by molar-refractivity contribution is 6.17. The van der Waals surface area contributed by atoms with Crippen molar-refractivity contribution in [2.45, 2.75) is 32.6 Å². The van der Waals surface area contributed by atoms with Crippen molar-refractivity contribution in [1.29, 1.82) is 0 Å². The van der Waals surface area contributed by atoms with Gasteiger partial charge in [-0.3, -0.25) is 0 Å². The Morgan fingerprint density at radius 1 is 1.30 bits per heavy atom. The van der Waals surface area contributed by atoms with E-state index in [1.165, 1.54) is 0 Å². The van der Waals surface area contributed by atoms with Crippen LogP contribution in [0.5, 0.6) is 11.6 Å². The van der Waals surface area contributed by atoms with Crippen LogP contribution in [0, 0.1) is 12.7 Å². The average Bonchev–Trinajstić information content (AvgIpc) is 2.44. The molecule has 0 fully saturated rings. The Labute approximate surface area is 123 Å². The van der Waals surface area contributed by atoms with E-state index in [9.17, 15) is 4.39 Å². The molecule has 0 saturated heterocycles. The number of nitrogens with zero attached hydrogens (tertiary/aromatic N) is 1. The van der Waals surface area contributed by atoms with E-state index >= 15 is 0 Å². The number of pyridine rings is 1. The van der Waals surface area contributed by atoms with Gasteiger partial charge in [-0.1, -0.05) is 25.5 Å². The maximum absolute atomic E-state index is 13.9. The number of benzene rings is 1. The normalized spacial score (nSPS) is 10.6.